The third-order valence-corrected chi connectivity index (χ3v) is 4.36. The van der Waals surface area contributed by atoms with E-state index in [0.717, 1.165) is 35.0 Å². The molecule has 3 aromatic rings. The van der Waals surface area contributed by atoms with Gasteiger partial charge in [-0.1, -0.05) is 55.5 Å². The number of aromatic nitrogens is 1. The maximum absolute atomic E-state index is 13.2. The molecule has 0 unspecified atom stereocenters. The van der Waals surface area contributed by atoms with Crippen molar-refractivity contribution in [1.82, 2.24) is 4.98 Å². The molecule has 3 N–H and O–H groups in total. The number of Topliss-reactive ketones (excluding diaryl/α,β-unsaturated/α-hetero) is 1. The number of carbonyl (C=O) groups excluding carboxylic acids is 1. The minimum absolute atomic E-state index is 0.164. The van der Waals surface area contributed by atoms with Gasteiger partial charge in [0.25, 0.3) is 0 Å². The Morgan fingerprint density at radius 3 is 2.57 bits per heavy atom. The molecule has 1 heterocycles. The number of para-hydroxylation sites is 1. The van der Waals surface area contributed by atoms with Crippen molar-refractivity contribution < 1.29 is 10.1 Å². The molecule has 0 radical (unpaired) electrons. The van der Waals surface area contributed by atoms with Gasteiger partial charge in [-0.25, -0.2) is 0 Å². The summed E-state index contributed by atoms with van der Waals surface area (Å²) in [4.78, 5) is 16.5. The Labute approximate surface area is 136 Å². The normalized spacial score (nSPS) is 12.4. The van der Waals surface area contributed by atoms with Gasteiger partial charge in [-0.3, -0.25) is 4.79 Å². The van der Waals surface area contributed by atoms with E-state index in [4.69, 9.17) is 0 Å². The van der Waals surface area contributed by atoms with Crippen LogP contribution in [0.25, 0.3) is 10.9 Å². The summed E-state index contributed by atoms with van der Waals surface area (Å²) < 4.78 is 0. The Bertz CT molecular complexity index is 805. The molecule has 0 bridgehead atoms. The summed E-state index contributed by atoms with van der Waals surface area (Å²) in [5.74, 6) is 0.164. The van der Waals surface area contributed by atoms with Crippen LogP contribution in [0.4, 0.5) is 0 Å². The van der Waals surface area contributed by atoms with Crippen LogP contribution in [0.3, 0.4) is 0 Å². The Hall–Kier alpha value is -2.39. The average molecular weight is 307 g/mol. The number of carbonyl (C=O) groups is 1. The Morgan fingerprint density at radius 1 is 1.09 bits per heavy atom. The second-order valence-corrected chi connectivity index (χ2v) is 5.79. The number of ketones is 1. The van der Waals surface area contributed by atoms with Gasteiger partial charge in [0.15, 0.2) is 6.04 Å². The van der Waals surface area contributed by atoms with Gasteiger partial charge in [0.1, 0.15) is 0 Å². The topological polar surface area (TPSA) is 49.5 Å². The van der Waals surface area contributed by atoms with E-state index in [-0.39, 0.29) is 11.8 Å². The number of aryl methyl sites for hydroxylation is 1. The monoisotopic (exact) mass is 307 g/mol. The number of quaternary nitrogens is 1. The van der Waals surface area contributed by atoms with Crippen molar-refractivity contribution in [2.45, 2.75) is 26.3 Å². The Kier molecular flexibility index (Phi) is 4.58. The second-order valence-electron chi connectivity index (χ2n) is 5.79. The first kappa shape index (κ1) is 15.5. The lowest BCUT2D eigenvalue weighted by molar-refractivity contribution is -0.678. The second kappa shape index (κ2) is 6.80. The number of nitrogens with two attached hydrogens (primary N) is 1. The predicted octanol–water partition coefficient (Wildman–Crippen LogP) is 3.24. The quantitative estimate of drug-likeness (QED) is 0.675. The van der Waals surface area contributed by atoms with Crippen molar-refractivity contribution in [3.8, 4) is 0 Å². The molecule has 0 spiro atoms. The first-order valence-electron chi connectivity index (χ1n) is 8.27. The summed E-state index contributed by atoms with van der Waals surface area (Å²) in [5, 5.41) is 3.12. The molecule has 3 heteroatoms. The van der Waals surface area contributed by atoms with Crippen molar-refractivity contribution >= 4 is 16.7 Å². The van der Waals surface area contributed by atoms with Gasteiger partial charge in [-0.15, -0.1) is 0 Å². The molecule has 2 aromatic carbocycles. The van der Waals surface area contributed by atoms with Gasteiger partial charge >= 0.3 is 0 Å². The lowest BCUT2D eigenvalue weighted by atomic mass is 9.96. The van der Waals surface area contributed by atoms with Gasteiger partial charge in [-0.05, 0) is 18.9 Å². The van der Waals surface area contributed by atoms with Crippen LogP contribution in [0.15, 0.2) is 54.7 Å². The molecule has 3 nitrogen and oxygen atoms in total. The number of hydrogen-bond donors (Lipinski definition) is 2. The van der Waals surface area contributed by atoms with Crippen LogP contribution < -0.4 is 5.32 Å². The molecule has 0 amide bonds. The number of aromatic amines is 1. The van der Waals surface area contributed by atoms with Crippen LogP contribution >= 0.6 is 0 Å². The number of nitrogens with one attached hydrogen (secondary N) is 1. The lowest BCUT2D eigenvalue weighted by Gasteiger charge is -2.13. The Morgan fingerprint density at radius 2 is 1.87 bits per heavy atom. The molecule has 0 fully saturated rings. The van der Waals surface area contributed by atoms with Gasteiger partial charge < -0.3 is 10.3 Å². The van der Waals surface area contributed by atoms with Crippen LogP contribution in [0.2, 0.25) is 0 Å². The maximum Gasteiger partial charge on any atom is 0.226 e. The highest BCUT2D eigenvalue weighted by molar-refractivity contribution is 6.10. The molecule has 1 aromatic heterocycles. The minimum atomic E-state index is -0.189. The van der Waals surface area contributed by atoms with Crippen molar-refractivity contribution in [2.75, 3.05) is 6.54 Å². The van der Waals surface area contributed by atoms with Crippen LogP contribution in [0.1, 0.15) is 41.4 Å². The van der Waals surface area contributed by atoms with Crippen LogP contribution in [-0.4, -0.2) is 17.3 Å². The zero-order valence-corrected chi connectivity index (χ0v) is 13.7. The molecule has 0 saturated carbocycles. The van der Waals surface area contributed by atoms with E-state index >= 15 is 0 Å². The van der Waals surface area contributed by atoms with Crippen LogP contribution in [-0.2, 0) is 6.42 Å². The van der Waals surface area contributed by atoms with Gasteiger partial charge in [-0.2, -0.15) is 0 Å². The van der Waals surface area contributed by atoms with Gasteiger partial charge in [0.05, 0.1) is 6.54 Å². The smallest absolute Gasteiger partial charge is 0.226 e. The van der Waals surface area contributed by atoms with Crippen LogP contribution in [0, 0.1) is 0 Å². The zero-order valence-electron chi connectivity index (χ0n) is 13.7. The minimum Gasteiger partial charge on any atom is -0.360 e. The summed E-state index contributed by atoms with van der Waals surface area (Å²) in [6, 6.07) is 16.0. The molecular formula is C20H23N2O+. The van der Waals surface area contributed by atoms with E-state index < -0.39 is 0 Å². The zero-order chi connectivity index (χ0) is 16.2. The molecule has 0 saturated heterocycles. The van der Waals surface area contributed by atoms with Crippen molar-refractivity contribution in [2.24, 2.45) is 0 Å². The summed E-state index contributed by atoms with van der Waals surface area (Å²) in [6.07, 6.45) is 2.82. The number of likely N-dealkylation sites (N-methyl/N-ethyl adjacent to an activating group) is 1. The first-order chi connectivity index (χ1) is 11.3. The molecule has 0 aliphatic heterocycles. The Balaban J connectivity index is 2.04. The van der Waals surface area contributed by atoms with Crippen molar-refractivity contribution in [1.29, 1.82) is 0 Å². The molecule has 0 aliphatic carbocycles. The highest BCUT2D eigenvalue weighted by Crippen LogP contribution is 2.25. The number of benzene rings is 2. The highest BCUT2D eigenvalue weighted by atomic mass is 16.1. The summed E-state index contributed by atoms with van der Waals surface area (Å²) in [7, 11) is 0. The van der Waals surface area contributed by atoms with E-state index in [0.29, 0.717) is 0 Å². The fraction of sp³-hybridized carbons (Fsp3) is 0.250. The summed E-state index contributed by atoms with van der Waals surface area (Å²) in [6.45, 7) is 5.08. The fourth-order valence-corrected chi connectivity index (χ4v) is 3.17. The SMILES string of the molecule is CC[NH2+][C@@H](C(=O)c1c[nH]c2c(CC)cccc12)c1ccccc1. The van der Waals surface area contributed by atoms with E-state index in [1.807, 2.05) is 48.7 Å². The summed E-state index contributed by atoms with van der Waals surface area (Å²) in [5.41, 5.74) is 4.17. The first-order valence-corrected chi connectivity index (χ1v) is 8.27. The number of H-pyrrole nitrogens is 1. The third kappa shape index (κ3) is 2.92. The number of hydrogen-bond acceptors (Lipinski definition) is 1. The molecule has 118 valence electrons. The van der Waals surface area contributed by atoms with E-state index in [9.17, 15) is 4.79 Å². The van der Waals surface area contributed by atoms with E-state index in [1.165, 1.54) is 5.56 Å². The molecule has 23 heavy (non-hydrogen) atoms. The fourth-order valence-electron chi connectivity index (χ4n) is 3.17. The standard InChI is InChI=1S/C20H22N2O/c1-3-14-11-8-12-16-17(13-22-18(14)16)20(23)19(21-4-2)15-9-6-5-7-10-15/h5-13,19,21-22H,3-4H2,1-2H3/p+1/t19-/m1/s1. The number of rotatable bonds is 6. The van der Waals surface area contributed by atoms with Gasteiger partial charge in [0.2, 0.25) is 5.78 Å². The maximum atomic E-state index is 13.2. The van der Waals surface area contributed by atoms with E-state index in [1.54, 1.807) is 0 Å². The molecule has 0 aliphatic rings. The van der Waals surface area contributed by atoms with Crippen molar-refractivity contribution in [3.63, 3.8) is 0 Å². The van der Waals surface area contributed by atoms with E-state index in [2.05, 4.69) is 30.2 Å². The molecule has 3 rings (SSSR count). The van der Waals surface area contributed by atoms with Crippen LogP contribution in [0.5, 0.6) is 0 Å². The summed E-state index contributed by atoms with van der Waals surface area (Å²) >= 11 is 0. The van der Waals surface area contributed by atoms with Gasteiger partial charge in [0, 0.05) is 28.2 Å². The highest BCUT2D eigenvalue weighted by Gasteiger charge is 2.26. The molecular weight excluding hydrogens is 284 g/mol. The third-order valence-electron chi connectivity index (χ3n) is 4.36. The lowest BCUT2D eigenvalue weighted by Crippen LogP contribution is -2.86. The van der Waals surface area contributed by atoms with Crippen molar-refractivity contribution in [3.05, 3.63) is 71.4 Å². The number of fused-ring (bicyclic) bond motifs is 1. The largest absolute Gasteiger partial charge is 0.360 e. The average Bonchev–Trinajstić information content (AvgIpc) is 3.04. The predicted molar refractivity (Wildman–Crippen MR) is 93.7 cm³/mol. The molecule has 1 atom stereocenters.